The van der Waals surface area contributed by atoms with Gasteiger partial charge in [-0.3, -0.25) is 10.1 Å². The van der Waals surface area contributed by atoms with Gasteiger partial charge < -0.3 is 15.7 Å². The summed E-state index contributed by atoms with van der Waals surface area (Å²) in [6.07, 6.45) is -1.30. The van der Waals surface area contributed by atoms with E-state index < -0.39 is 24.1 Å². The van der Waals surface area contributed by atoms with E-state index in [9.17, 15) is 14.4 Å². The van der Waals surface area contributed by atoms with Crippen molar-refractivity contribution in [3.05, 3.63) is 0 Å². The molecule has 0 aromatic heterocycles. The molecule has 1 heterocycles. The fourth-order valence-corrected chi connectivity index (χ4v) is 0.796. The van der Waals surface area contributed by atoms with Gasteiger partial charge in [-0.15, -0.1) is 0 Å². The summed E-state index contributed by atoms with van der Waals surface area (Å²) in [6.45, 7) is -0.0169. The Morgan fingerprint density at radius 3 is 2.75 bits per heavy atom. The molecule has 1 fully saturated rings. The molecule has 4 amide bonds. The highest BCUT2D eigenvalue weighted by atomic mass is 16.4. The van der Waals surface area contributed by atoms with Crippen LogP contribution in [-0.2, 0) is 4.79 Å². The Morgan fingerprint density at radius 1 is 1.58 bits per heavy atom. The summed E-state index contributed by atoms with van der Waals surface area (Å²) >= 11 is 0. The average molecular weight is 173 g/mol. The van der Waals surface area contributed by atoms with Gasteiger partial charge in [-0.25, -0.2) is 9.59 Å². The molecule has 4 N–H and O–H groups in total. The second kappa shape index (κ2) is 3.07. The van der Waals surface area contributed by atoms with Gasteiger partial charge in [-0.1, -0.05) is 0 Å². The first-order chi connectivity index (χ1) is 5.59. The summed E-state index contributed by atoms with van der Waals surface area (Å²) in [5.41, 5.74) is 0. The van der Waals surface area contributed by atoms with Crippen LogP contribution in [0.1, 0.15) is 0 Å². The number of rotatable bonds is 1. The first kappa shape index (κ1) is 8.31. The third kappa shape index (κ3) is 1.84. The minimum atomic E-state index is -1.30. The second-order valence-corrected chi connectivity index (χ2v) is 2.20. The first-order valence-electron chi connectivity index (χ1n) is 3.18. The van der Waals surface area contributed by atoms with Crippen molar-refractivity contribution in [2.45, 2.75) is 6.04 Å². The zero-order valence-electron chi connectivity index (χ0n) is 5.96. The predicted octanol–water partition coefficient (Wildman–Crippen LogP) is -1.54. The van der Waals surface area contributed by atoms with Gasteiger partial charge in [0.1, 0.15) is 6.04 Å². The van der Waals surface area contributed by atoms with Crippen molar-refractivity contribution in [3.63, 3.8) is 0 Å². The molecular formula is C5H7N3O4. The molecule has 0 aromatic carbocycles. The Hall–Kier alpha value is -1.79. The van der Waals surface area contributed by atoms with Crippen molar-refractivity contribution in [1.82, 2.24) is 16.0 Å². The van der Waals surface area contributed by atoms with E-state index in [-0.39, 0.29) is 6.54 Å². The summed E-state index contributed by atoms with van der Waals surface area (Å²) in [5, 5.41) is 14.4. The number of carboxylic acid groups (broad SMARTS) is 1. The molecule has 0 aromatic rings. The van der Waals surface area contributed by atoms with Gasteiger partial charge >= 0.3 is 12.1 Å². The molecule has 0 aliphatic carbocycles. The molecule has 7 nitrogen and oxygen atoms in total. The summed E-state index contributed by atoms with van der Waals surface area (Å²) < 4.78 is 0. The highest BCUT2D eigenvalue weighted by Crippen LogP contribution is 1.88. The molecule has 7 heteroatoms. The van der Waals surface area contributed by atoms with E-state index in [1.165, 1.54) is 0 Å². The van der Waals surface area contributed by atoms with Crippen LogP contribution >= 0.6 is 0 Å². The number of amides is 4. The minimum Gasteiger partial charge on any atom is -0.465 e. The van der Waals surface area contributed by atoms with Crippen LogP contribution in [0, 0.1) is 0 Å². The predicted molar refractivity (Wildman–Crippen MR) is 36.5 cm³/mol. The number of carbonyl (C=O) groups excluding carboxylic acids is 2. The lowest BCUT2D eigenvalue weighted by atomic mass is 10.2. The highest BCUT2D eigenvalue weighted by molar-refractivity contribution is 6.00. The Kier molecular flexibility index (Phi) is 2.13. The molecule has 1 rings (SSSR count). The number of hydrogen-bond donors (Lipinski definition) is 4. The van der Waals surface area contributed by atoms with Crippen LogP contribution in [-0.4, -0.2) is 35.7 Å². The minimum absolute atomic E-state index is 0.0169. The highest BCUT2D eigenvalue weighted by Gasteiger charge is 2.26. The summed E-state index contributed by atoms with van der Waals surface area (Å²) in [6, 6.07) is -1.51. The van der Waals surface area contributed by atoms with E-state index in [1.54, 1.807) is 0 Å². The largest absolute Gasteiger partial charge is 0.465 e. The Balaban J connectivity index is 2.51. The van der Waals surface area contributed by atoms with Crippen molar-refractivity contribution in [2.75, 3.05) is 6.54 Å². The number of nitrogens with one attached hydrogen (secondary N) is 3. The quantitative estimate of drug-likeness (QED) is 0.385. The van der Waals surface area contributed by atoms with E-state index in [2.05, 4.69) is 5.32 Å². The lowest BCUT2D eigenvalue weighted by Gasteiger charge is -2.21. The Bertz CT molecular complexity index is 239. The summed E-state index contributed by atoms with van der Waals surface area (Å²) in [5.74, 6) is -0.638. The maximum Gasteiger partial charge on any atom is 0.405 e. The van der Waals surface area contributed by atoms with Crippen molar-refractivity contribution in [1.29, 1.82) is 0 Å². The van der Waals surface area contributed by atoms with Gasteiger partial charge in [0.15, 0.2) is 0 Å². The van der Waals surface area contributed by atoms with Crippen LogP contribution in [0.3, 0.4) is 0 Å². The van der Waals surface area contributed by atoms with Gasteiger partial charge in [-0.05, 0) is 0 Å². The van der Waals surface area contributed by atoms with Gasteiger partial charge in [0.25, 0.3) is 5.91 Å². The van der Waals surface area contributed by atoms with Crippen LogP contribution in [0.25, 0.3) is 0 Å². The molecule has 1 aliphatic rings. The normalized spacial score (nSPS) is 22.5. The van der Waals surface area contributed by atoms with Crippen molar-refractivity contribution in [3.8, 4) is 0 Å². The van der Waals surface area contributed by atoms with Crippen LogP contribution in [0.15, 0.2) is 0 Å². The third-order valence-corrected chi connectivity index (χ3v) is 1.32. The maximum absolute atomic E-state index is 10.8. The topological polar surface area (TPSA) is 108 Å². The molecule has 1 saturated heterocycles. The first-order valence-corrected chi connectivity index (χ1v) is 3.18. The Morgan fingerprint density at radius 2 is 2.25 bits per heavy atom. The number of hydrogen-bond acceptors (Lipinski definition) is 3. The smallest absolute Gasteiger partial charge is 0.405 e. The molecule has 1 unspecified atom stereocenters. The molecular weight excluding hydrogens is 166 g/mol. The zero-order chi connectivity index (χ0) is 9.14. The zero-order valence-corrected chi connectivity index (χ0v) is 5.96. The van der Waals surface area contributed by atoms with E-state index in [0.717, 1.165) is 0 Å². The van der Waals surface area contributed by atoms with E-state index >= 15 is 0 Å². The number of carbonyl (C=O) groups is 3. The van der Waals surface area contributed by atoms with Gasteiger partial charge in [-0.2, -0.15) is 0 Å². The van der Waals surface area contributed by atoms with Gasteiger partial charge in [0.05, 0.1) is 0 Å². The lowest BCUT2D eigenvalue weighted by Crippen LogP contribution is -2.60. The van der Waals surface area contributed by atoms with E-state index in [4.69, 9.17) is 5.11 Å². The molecule has 0 saturated carbocycles. The third-order valence-electron chi connectivity index (χ3n) is 1.32. The van der Waals surface area contributed by atoms with E-state index in [0.29, 0.717) is 0 Å². The number of urea groups is 1. The van der Waals surface area contributed by atoms with Crippen LogP contribution in [0.4, 0.5) is 9.59 Å². The van der Waals surface area contributed by atoms with Crippen molar-refractivity contribution < 1.29 is 19.5 Å². The van der Waals surface area contributed by atoms with Crippen LogP contribution < -0.4 is 16.0 Å². The van der Waals surface area contributed by atoms with E-state index in [1.807, 2.05) is 10.6 Å². The van der Waals surface area contributed by atoms with Crippen LogP contribution in [0.5, 0.6) is 0 Å². The fourth-order valence-electron chi connectivity index (χ4n) is 0.796. The average Bonchev–Trinajstić information content (AvgIpc) is 1.94. The summed E-state index contributed by atoms with van der Waals surface area (Å²) in [7, 11) is 0. The molecule has 12 heavy (non-hydrogen) atoms. The Labute approximate surface area is 67.1 Å². The molecule has 0 spiro atoms. The van der Waals surface area contributed by atoms with Crippen molar-refractivity contribution in [2.24, 2.45) is 0 Å². The monoisotopic (exact) mass is 173 g/mol. The fraction of sp³-hybridized carbons (Fsp3) is 0.400. The SMILES string of the molecule is O=C(O)NC1CNC(=O)NC1=O. The second-order valence-electron chi connectivity index (χ2n) is 2.20. The maximum atomic E-state index is 10.8. The molecule has 1 atom stereocenters. The van der Waals surface area contributed by atoms with Crippen molar-refractivity contribution >= 4 is 18.0 Å². The molecule has 1 aliphatic heterocycles. The van der Waals surface area contributed by atoms with Gasteiger partial charge in [0, 0.05) is 6.54 Å². The lowest BCUT2D eigenvalue weighted by molar-refractivity contribution is -0.122. The molecule has 0 bridgehead atoms. The number of imide groups is 1. The molecule has 0 radical (unpaired) electrons. The summed E-state index contributed by atoms with van der Waals surface area (Å²) in [4.78, 5) is 31.4. The van der Waals surface area contributed by atoms with Crippen LogP contribution in [0.2, 0.25) is 0 Å². The van der Waals surface area contributed by atoms with Gasteiger partial charge in [0.2, 0.25) is 0 Å². The standard InChI is InChI=1S/C5H7N3O4/c9-3-2(7-5(11)12)1-6-4(10)8-3/h2,7H,1H2,(H,11,12)(H2,6,8,9,10). The molecule has 66 valence electrons.